The van der Waals surface area contributed by atoms with Crippen LogP contribution in [0.4, 0.5) is 0 Å². The molecule has 0 amide bonds. The van der Waals surface area contributed by atoms with Gasteiger partial charge in [-0.15, -0.1) is 0 Å². The zero-order chi connectivity index (χ0) is 30.9. The molecule has 2 atom stereocenters. The molecule has 0 saturated carbocycles. The van der Waals surface area contributed by atoms with Gasteiger partial charge in [-0.05, 0) is 96.3 Å². The first-order valence-electron chi connectivity index (χ1n) is 16.0. The van der Waals surface area contributed by atoms with Crippen LogP contribution in [0.5, 0.6) is 5.75 Å². The van der Waals surface area contributed by atoms with Gasteiger partial charge in [0.15, 0.2) is 6.10 Å². The topological polar surface area (TPSA) is 59.0 Å². The number of aliphatic carboxylic acids is 1. The number of aryl methyl sites for hydroxylation is 3. The fraction of sp³-hybridized carbons (Fsp3) is 0.359. The molecule has 0 bridgehead atoms. The fourth-order valence-corrected chi connectivity index (χ4v) is 6.27. The molecule has 0 aliphatic heterocycles. The maximum atomic E-state index is 11.5. The number of hydrogen-bond donors (Lipinski definition) is 1. The van der Waals surface area contributed by atoms with Crippen LogP contribution in [0.15, 0.2) is 91.0 Å². The summed E-state index contributed by atoms with van der Waals surface area (Å²) in [5.41, 5.74) is 10.5. The second-order valence-electron chi connectivity index (χ2n) is 11.8. The summed E-state index contributed by atoms with van der Waals surface area (Å²) in [5.74, 6) is -0.160. The number of nitrogens with zero attached hydrogens (tertiary/aromatic N) is 1. The van der Waals surface area contributed by atoms with Gasteiger partial charge in [-0.25, -0.2) is 4.79 Å². The molecule has 0 spiro atoms. The number of unbranched alkanes of at least 4 members (excludes halogenated alkanes) is 1. The van der Waals surface area contributed by atoms with E-state index in [1.807, 2.05) is 31.2 Å². The van der Waals surface area contributed by atoms with Gasteiger partial charge >= 0.3 is 5.97 Å². The first kappa shape index (κ1) is 31.5. The molecule has 5 rings (SSSR count). The summed E-state index contributed by atoms with van der Waals surface area (Å²) < 4.78 is 11.6. The monoisotopic (exact) mass is 591 g/mol. The molecule has 0 saturated heterocycles. The number of carbonyl (C=O) groups is 1. The van der Waals surface area contributed by atoms with E-state index in [2.05, 4.69) is 85.6 Å². The van der Waals surface area contributed by atoms with E-state index in [4.69, 9.17) is 9.47 Å². The van der Waals surface area contributed by atoms with Crippen molar-refractivity contribution in [3.63, 3.8) is 0 Å². The van der Waals surface area contributed by atoms with Crippen molar-refractivity contribution in [3.05, 3.63) is 124 Å². The molecule has 0 heterocycles. The number of carboxylic acid groups (broad SMARTS) is 1. The summed E-state index contributed by atoms with van der Waals surface area (Å²) >= 11 is 0. The predicted octanol–water partition coefficient (Wildman–Crippen LogP) is 7.93. The standard InChI is InChI=1S/C39H45NO4/c1-4-6-10-28-13-16-31-17-18-33-27-32(30-11-8-7-9-12-30)19-22-35(33)38(36(31)25-28)40(3)23-24-44-34-20-14-29(15-21-34)26-37(39(41)42)43-5-2/h7-9,11-16,19-22,25,27,37-38H,4-6,10,17-18,23-24,26H2,1-3H3,(H,41,42). The summed E-state index contributed by atoms with van der Waals surface area (Å²) in [4.78, 5) is 13.9. The van der Waals surface area contributed by atoms with Crippen molar-refractivity contribution in [1.29, 1.82) is 0 Å². The molecule has 5 heteroatoms. The molecule has 230 valence electrons. The van der Waals surface area contributed by atoms with Gasteiger partial charge < -0.3 is 14.6 Å². The Bertz CT molecular complexity index is 1520. The van der Waals surface area contributed by atoms with Gasteiger partial charge in [-0.3, -0.25) is 4.90 Å². The molecule has 2 unspecified atom stereocenters. The summed E-state index contributed by atoms with van der Waals surface area (Å²) in [5, 5.41) is 9.40. The van der Waals surface area contributed by atoms with Crippen LogP contribution in [-0.4, -0.2) is 48.9 Å². The lowest BCUT2D eigenvalue weighted by Crippen LogP contribution is -2.30. The fourth-order valence-electron chi connectivity index (χ4n) is 6.27. The van der Waals surface area contributed by atoms with Crippen LogP contribution in [0.2, 0.25) is 0 Å². The average molecular weight is 592 g/mol. The number of fused-ring (bicyclic) bond motifs is 2. The molecular weight excluding hydrogens is 546 g/mol. The predicted molar refractivity (Wildman–Crippen MR) is 178 cm³/mol. The van der Waals surface area contributed by atoms with E-state index in [0.717, 1.165) is 37.1 Å². The van der Waals surface area contributed by atoms with Gasteiger partial charge in [-0.1, -0.05) is 92.2 Å². The third-order valence-corrected chi connectivity index (χ3v) is 8.67. The van der Waals surface area contributed by atoms with Crippen molar-refractivity contribution in [2.24, 2.45) is 0 Å². The Morgan fingerprint density at radius 1 is 0.864 bits per heavy atom. The van der Waals surface area contributed by atoms with Gasteiger partial charge in [0.1, 0.15) is 12.4 Å². The lowest BCUT2D eigenvalue weighted by atomic mass is 9.90. The van der Waals surface area contributed by atoms with Crippen molar-refractivity contribution >= 4 is 5.97 Å². The van der Waals surface area contributed by atoms with E-state index in [1.165, 1.54) is 51.8 Å². The van der Waals surface area contributed by atoms with Crippen molar-refractivity contribution < 1.29 is 19.4 Å². The summed E-state index contributed by atoms with van der Waals surface area (Å²) in [6.45, 7) is 5.74. The third-order valence-electron chi connectivity index (χ3n) is 8.67. The Balaban J connectivity index is 1.35. The van der Waals surface area contributed by atoms with Gasteiger partial charge in [0, 0.05) is 19.6 Å². The number of ether oxygens (including phenoxy) is 2. The first-order valence-corrected chi connectivity index (χ1v) is 16.0. The maximum Gasteiger partial charge on any atom is 0.333 e. The third kappa shape index (κ3) is 7.77. The van der Waals surface area contributed by atoms with Crippen LogP contribution >= 0.6 is 0 Å². The van der Waals surface area contributed by atoms with Crippen LogP contribution in [-0.2, 0) is 35.2 Å². The molecule has 0 radical (unpaired) electrons. The number of rotatable bonds is 14. The van der Waals surface area contributed by atoms with E-state index in [9.17, 15) is 9.90 Å². The zero-order valence-corrected chi connectivity index (χ0v) is 26.3. The minimum Gasteiger partial charge on any atom is -0.492 e. The summed E-state index contributed by atoms with van der Waals surface area (Å²) in [6.07, 6.45) is 5.06. The normalized spacial score (nSPS) is 14.9. The van der Waals surface area contributed by atoms with Gasteiger partial charge in [0.25, 0.3) is 0 Å². The SMILES string of the molecule is CCCCc1ccc2c(c1)C(N(C)CCOc1ccc(CC(OCC)C(=O)O)cc1)c1ccc(-c3ccccc3)cc1CC2. The Morgan fingerprint density at radius 2 is 1.61 bits per heavy atom. The highest BCUT2D eigenvalue weighted by Gasteiger charge is 2.28. The molecule has 4 aromatic carbocycles. The number of likely N-dealkylation sites (N-methyl/N-ethyl adjacent to an activating group) is 1. The average Bonchev–Trinajstić information content (AvgIpc) is 3.20. The van der Waals surface area contributed by atoms with Gasteiger partial charge in [0.05, 0.1) is 6.04 Å². The Labute approximate surface area is 262 Å². The molecular formula is C39H45NO4. The number of benzene rings is 4. The van der Waals surface area contributed by atoms with Crippen molar-refractivity contribution in [2.75, 3.05) is 26.8 Å². The number of carboxylic acids is 1. The second-order valence-corrected chi connectivity index (χ2v) is 11.8. The maximum absolute atomic E-state index is 11.5. The van der Waals surface area contributed by atoms with Crippen molar-refractivity contribution in [1.82, 2.24) is 4.90 Å². The molecule has 4 aromatic rings. The summed E-state index contributed by atoms with van der Waals surface area (Å²) in [7, 11) is 2.21. The Kier molecular flexibility index (Phi) is 10.9. The molecule has 5 nitrogen and oxygen atoms in total. The number of hydrogen-bond acceptors (Lipinski definition) is 4. The van der Waals surface area contributed by atoms with E-state index in [0.29, 0.717) is 19.6 Å². The minimum absolute atomic E-state index is 0.145. The lowest BCUT2D eigenvalue weighted by molar-refractivity contribution is -0.149. The molecule has 0 aromatic heterocycles. The van der Waals surface area contributed by atoms with E-state index in [1.54, 1.807) is 0 Å². The molecule has 44 heavy (non-hydrogen) atoms. The molecule has 0 fully saturated rings. The van der Waals surface area contributed by atoms with Crippen molar-refractivity contribution in [3.8, 4) is 16.9 Å². The largest absolute Gasteiger partial charge is 0.492 e. The zero-order valence-electron chi connectivity index (χ0n) is 26.3. The quantitative estimate of drug-likeness (QED) is 0.161. The van der Waals surface area contributed by atoms with Gasteiger partial charge in [-0.2, -0.15) is 0 Å². The van der Waals surface area contributed by atoms with E-state index >= 15 is 0 Å². The highest BCUT2D eigenvalue weighted by atomic mass is 16.5. The van der Waals surface area contributed by atoms with Crippen molar-refractivity contribution in [2.45, 2.75) is 64.5 Å². The van der Waals surface area contributed by atoms with Crippen LogP contribution < -0.4 is 4.74 Å². The lowest BCUT2D eigenvalue weighted by Gasteiger charge is -2.31. The van der Waals surface area contributed by atoms with Crippen LogP contribution in [0.1, 0.15) is 66.1 Å². The van der Waals surface area contributed by atoms with Crippen LogP contribution in [0.3, 0.4) is 0 Å². The molecule has 1 aliphatic rings. The van der Waals surface area contributed by atoms with E-state index < -0.39 is 12.1 Å². The second kappa shape index (κ2) is 15.2. The smallest absolute Gasteiger partial charge is 0.333 e. The van der Waals surface area contributed by atoms with E-state index in [-0.39, 0.29) is 6.04 Å². The Morgan fingerprint density at radius 3 is 2.34 bits per heavy atom. The highest BCUT2D eigenvalue weighted by Crippen LogP contribution is 2.38. The Hall–Kier alpha value is -3.93. The van der Waals surface area contributed by atoms with Crippen LogP contribution in [0, 0.1) is 0 Å². The minimum atomic E-state index is -0.939. The van der Waals surface area contributed by atoms with Gasteiger partial charge in [0.2, 0.25) is 0 Å². The molecule has 1 N–H and O–H groups in total. The first-order chi connectivity index (χ1) is 21.5. The summed E-state index contributed by atoms with van der Waals surface area (Å²) in [6, 6.07) is 32.6. The van der Waals surface area contributed by atoms with Crippen LogP contribution in [0.25, 0.3) is 11.1 Å². The highest BCUT2D eigenvalue weighted by molar-refractivity contribution is 5.72. The molecule has 1 aliphatic carbocycles.